The van der Waals surface area contributed by atoms with Gasteiger partial charge in [0.05, 0.1) is 10.9 Å². The van der Waals surface area contributed by atoms with Crippen LogP contribution in [0.15, 0.2) is 30.5 Å². The van der Waals surface area contributed by atoms with Crippen LogP contribution in [0.4, 0.5) is 14.9 Å². The number of amides is 2. The predicted molar refractivity (Wildman–Crippen MR) is 122 cm³/mol. The Labute approximate surface area is 183 Å². The molecule has 31 heavy (non-hydrogen) atoms. The topological polar surface area (TPSA) is 98.2 Å². The number of benzene rings is 1. The van der Waals surface area contributed by atoms with Gasteiger partial charge in [-0.05, 0) is 62.1 Å². The highest BCUT2D eigenvalue weighted by Gasteiger charge is 2.37. The zero-order chi connectivity index (χ0) is 22.9. The Morgan fingerprint density at radius 2 is 1.94 bits per heavy atom. The van der Waals surface area contributed by atoms with Gasteiger partial charge in [-0.1, -0.05) is 13.8 Å². The highest BCUT2D eigenvalue weighted by molar-refractivity contribution is 7.91. The van der Waals surface area contributed by atoms with E-state index in [0.717, 1.165) is 5.69 Å². The first-order valence-corrected chi connectivity index (χ1v) is 12.0. The van der Waals surface area contributed by atoms with Crippen molar-refractivity contribution in [3.63, 3.8) is 0 Å². The Hall–Kier alpha value is -2.52. The van der Waals surface area contributed by atoms with Crippen LogP contribution in [0.5, 0.6) is 0 Å². The van der Waals surface area contributed by atoms with E-state index in [1.807, 2.05) is 40.7 Å². The van der Waals surface area contributed by atoms with Crippen molar-refractivity contribution in [2.24, 2.45) is 0 Å². The van der Waals surface area contributed by atoms with Crippen LogP contribution in [0.25, 0.3) is 11.1 Å². The van der Waals surface area contributed by atoms with Gasteiger partial charge < -0.3 is 5.32 Å². The van der Waals surface area contributed by atoms with Crippen molar-refractivity contribution in [3.05, 3.63) is 47.5 Å². The number of likely N-dealkylation sites (tertiary alicyclic amines) is 1. The number of aromatic nitrogens is 1. The van der Waals surface area contributed by atoms with E-state index in [4.69, 9.17) is 4.78 Å². The van der Waals surface area contributed by atoms with Crippen molar-refractivity contribution in [2.75, 3.05) is 18.4 Å². The van der Waals surface area contributed by atoms with Crippen LogP contribution < -0.4 is 10.0 Å². The molecule has 168 valence electrons. The van der Waals surface area contributed by atoms with Crippen LogP contribution >= 0.6 is 0 Å². The van der Waals surface area contributed by atoms with E-state index in [-0.39, 0.29) is 5.92 Å². The van der Waals surface area contributed by atoms with Crippen molar-refractivity contribution < 1.29 is 13.4 Å². The highest BCUT2D eigenvalue weighted by atomic mass is 32.2. The number of aryl methyl sites for hydroxylation is 1. The second kappa shape index (κ2) is 8.92. The molecule has 7 nitrogen and oxygen atoms in total. The van der Waals surface area contributed by atoms with Gasteiger partial charge >= 0.3 is 6.03 Å². The molecule has 1 unspecified atom stereocenters. The molecule has 0 radical (unpaired) electrons. The van der Waals surface area contributed by atoms with Gasteiger partial charge in [-0.15, -0.1) is 0 Å². The largest absolute Gasteiger partial charge is 0.331 e. The number of pyridine rings is 1. The number of halogens is 1. The Balaban J connectivity index is 1.89. The summed E-state index contributed by atoms with van der Waals surface area (Å²) in [7, 11) is -3.32. The Kier molecular flexibility index (Phi) is 6.66. The quantitative estimate of drug-likeness (QED) is 0.607. The third-order valence-corrected chi connectivity index (χ3v) is 7.25. The molecule has 2 aromatic rings. The monoisotopic (exact) mass is 447 g/mol. The van der Waals surface area contributed by atoms with E-state index in [1.54, 1.807) is 12.3 Å². The molecule has 1 aliphatic rings. The Morgan fingerprint density at radius 1 is 1.26 bits per heavy atom. The van der Waals surface area contributed by atoms with Gasteiger partial charge in [0.1, 0.15) is 15.7 Å². The lowest BCUT2D eigenvalue weighted by atomic mass is 9.94. The Morgan fingerprint density at radius 3 is 2.52 bits per heavy atom. The average molecular weight is 448 g/mol. The van der Waals surface area contributed by atoms with Crippen LogP contribution in [-0.4, -0.2) is 44.5 Å². The lowest BCUT2D eigenvalue weighted by Gasteiger charge is -2.42. The van der Waals surface area contributed by atoms with Crippen LogP contribution in [0.3, 0.4) is 0 Å². The van der Waals surface area contributed by atoms with E-state index in [2.05, 4.69) is 19.9 Å². The summed E-state index contributed by atoms with van der Waals surface area (Å²) in [6.07, 6.45) is 1.63. The molecule has 3 N–H and O–H groups in total. The first-order chi connectivity index (χ1) is 14.5. The summed E-state index contributed by atoms with van der Waals surface area (Å²) in [5.41, 5.74) is 3.03. The molecule has 0 saturated carbocycles. The number of nitrogens with zero attached hydrogens (tertiary/aromatic N) is 2. The van der Waals surface area contributed by atoms with Crippen LogP contribution in [0.1, 0.15) is 44.9 Å². The summed E-state index contributed by atoms with van der Waals surface area (Å²) in [5, 5.41) is 2.33. The zero-order valence-electron chi connectivity index (χ0n) is 18.5. The lowest BCUT2D eigenvalue weighted by Crippen LogP contribution is -2.59. The summed E-state index contributed by atoms with van der Waals surface area (Å²) < 4.78 is 37.7. The molecule has 1 aliphatic heterocycles. The number of nitrogens with one attached hydrogen (secondary N) is 3. The van der Waals surface area contributed by atoms with E-state index < -0.39 is 27.0 Å². The molecule has 0 aliphatic carbocycles. The third-order valence-electron chi connectivity index (χ3n) is 5.52. The maximum Gasteiger partial charge on any atom is 0.331 e. The third kappa shape index (κ3) is 5.22. The first-order valence-electron chi connectivity index (χ1n) is 10.3. The highest BCUT2D eigenvalue weighted by Crippen LogP contribution is 2.36. The molecule has 3 rings (SSSR count). The van der Waals surface area contributed by atoms with Crippen molar-refractivity contribution in [3.8, 4) is 11.1 Å². The molecule has 1 fully saturated rings. The molecular formula is C22H30FN5O2S. The van der Waals surface area contributed by atoms with E-state index >= 15 is 0 Å². The second-order valence-electron chi connectivity index (χ2n) is 8.58. The smallest absolute Gasteiger partial charge is 0.306 e. The molecule has 1 atom stereocenters. The lowest BCUT2D eigenvalue weighted by molar-refractivity contribution is 0.143. The molecule has 1 saturated heterocycles. The predicted octanol–water partition coefficient (Wildman–Crippen LogP) is 4.50. The average Bonchev–Trinajstić information content (AvgIpc) is 2.60. The standard InChI is InChI=1S/C22H30FN5O2S/c1-13(2)19-9-17(23)10-20(16-6-7-25-15(5)8-16)21(19)26-22(29)27-31(24,30)18-11-28(12-18)14(3)4/h6-10,13-14,18H,11-12H2,1-5H3,(H3,24,26,27,29,30). The summed E-state index contributed by atoms with van der Waals surface area (Å²) in [4.78, 5) is 19.0. The number of anilines is 1. The normalized spacial score (nSPS) is 16.8. The number of hydrogen-bond acceptors (Lipinski definition) is 5. The maximum atomic E-state index is 14.4. The van der Waals surface area contributed by atoms with Gasteiger partial charge in [-0.25, -0.2) is 18.2 Å². The number of carbonyl (C=O) groups is 1. The molecule has 2 amide bonds. The maximum absolute atomic E-state index is 14.4. The van der Waals surface area contributed by atoms with E-state index in [1.165, 1.54) is 12.1 Å². The SMILES string of the molecule is Cc1cc(-c2cc(F)cc(C(C)C)c2NC(=O)NS(=N)(=O)C2CN(C(C)C)C2)ccn1. The number of carbonyl (C=O) groups excluding carboxylic acids is 1. The fourth-order valence-electron chi connectivity index (χ4n) is 3.62. The molecule has 1 aromatic carbocycles. The number of rotatable bonds is 6. The van der Waals surface area contributed by atoms with Crippen molar-refractivity contribution in [2.45, 2.75) is 51.8 Å². The fourth-order valence-corrected chi connectivity index (χ4v) is 4.92. The summed E-state index contributed by atoms with van der Waals surface area (Å²) in [6.45, 7) is 10.7. The van der Waals surface area contributed by atoms with Gasteiger partial charge in [0.2, 0.25) is 0 Å². The number of hydrogen-bond donors (Lipinski definition) is 3. The molecule has 2 heterocycles. The summed E-state index contributed by atoms with van der Waals surface area (Å²) in [6, 6.07) is 5.88. The summed E-state index contributed by atoms with van der Waals surface area (Å²) >= 11 is 0. The van der Waals surface area contributed by atoms with Gasteiger partial charge in [-0.2, -0.15) is 0 Å². The van der Waals surface area contributed by atoms with Gasteiger partial charge in [0.15, 0.2) is 0 Å². The molecule has 9 heteroatoms. The van der Waals surface area contributed by atoms with Crippen LogP contribution in [-0.2, 0) is 9.92 Å². The van der Waals surface area contributed by atoms with Crippen LogP contribution in [0, 0.1) is 17.5 Å². The molecule has 1 aromatic heterocycles. The van der Waals surface area contributed by atoms with Crippen molar-refractivity contribution in [1.29, 1.82) is 4.78 Å². The van der Waals surface area contributed by atoms with Crippen LogP contribution in [0.2, 0.25) is 0 Å². The minimum Gasteiger partial charge on any atom is -0.306 e. The van der Waals surface area contributed by atoms with E-state index in [9.17, 15) is 13.4 Å². The van der Waals surface area contributed by atoms with E-state index in [0.29, 0.717) is 41.5 Å². The minimum absolute atomic E-state index is 0.0701. The zero-order valence-corrected chi connectivity index (χ0v) is 19.3. The second-order valence-corrected chi connectivity index (χ2v) is 10.7. The molecule has 0 spiro atoms. The minimum atomic E-state index is -3.32. The Bertz CT molecular complexity index is 1080. The van der Waals surface area contributed by atoms with Crippen molar-refractivity contribution >= 4 is 21.6 Å². The first kappa shape index (κ1) is 23.1. The number of urea groups is 1. The summed E-state index contributed by atoms with van der Waals surface area (Å²) in [5.74, 6) is -0.481. The molecule has 0 bridgehead atoms. The van der Waals surface area contributed by atoms with Gasteiger partial charge in [-0.3, -0.25) is 14.6 Å². The van der Waals surface area contributed by atoms with Crippen molar-refractivity contribution in [1.82, 2.24) is 14.6 Å². The fraction of sp³-hybridized carbons (Fsp3) is 0.455. The van der Waals surface area contributed by atoms with Gasteiger partial charge in [0, 0.05) is 36.6 Å². The van der Waals surface area contributed by atoms with Gasteiger partial charge in [0.25, 0.3) is 0 Å². The molecular weight excluding hydrogens is 417 g/mol.